The number of hydrogen-bond acceptors (Lipinski definition) is 4. The van der Waals surface area contributed by atoms with Crippen molar-refractivity contribution in [1.29, 1.82) is 0 Å². The molecule has 6 nitrogen and oxygen atoms in total. The molecule has 2 N–H and O–H groups in total. The number of carbonyl (C=O) groups is 1. The molecule has 2 aromatic heterocycles. The molecule has 1 amide bonds. The summed E-state index contributed by atoms with van der Waals surface area (Å²) in [5.41, 5.74) is 4.79. The predicted octanol–water partition coefficient (Wildman–Crippen LogP) is 4.63. The van der Waals surface area contributed by atoms with E-state index in [1.807, 2.05) is 36.5 Å². The van der Waals surface area contributed by atoms with Crippen molar-refractivity contribution >= 4 is 40.0 Å². The summed E-state index contributed by atoms with van der Waals surface area (Å²) in [4.78, 5) is 21.4. The van der Waals surface area contributed by atoms with Crippen molar-refractivity contribution in [3.63, 3.8) is 0 Å². The van der Waals surface area contributed by atoms with Crippen molar-refractivity contribution in [3.8, 4) is 11.3 Å². The van der Waals surface area contributed by atoms with Crippen LogP contribution in [0.25, 0.3) is 27.9 Å². The Hall–Kier alpha value is -3.12. The van der Waals surface area contributed by atoms with E-state index in [1.165, 1.54) is 0 Å². The molecule has 148 valence electrons. The molecule has 0 radical (unpaired) electrons. The molecule has 0 aliphatic heterocycles. The number of nitrogens with one attached hydrogen (secondary N) is 2. The van der Waals surface area contributed by atoms with Gasteiger partial charge in [0.1, 0.15) is 0 Å². The maximum absolute atomic E-state index is 12.0. The average molecular weight is 408 g/mol. The van der Waals surface area contributed by atoms with E-state index >= 15 is 0 Å². The van der Waals surface area contributed by atoms with Crippen molar-refractivity contribution in [2.45, 2.75) is 13.8 Å². The molecule has 4 aromatic rings. The maximum atomic E-state index is 12.0. The third kappa shape index (κ3) is 3.51. The molecule has 2 heterocycles. The van der Waals surface area contributed by atoms with Crippen molar-refractivity contribution < 1.29 is 4.79 Å². The highest BCUT2D eigenvalue weighted by atomic mass is 35.5. The molecular weight excluding hydrogens is 386 g/mol. The zero-order valence-corrected chi connectivity index (χ0v) is 17.3. The Morgan fingerprint density at radius 1 is 1.21 bits per heavy atom. The Balaban J connectivity index is 1.92. The molecule has 7 heteroatoms. The second kappa shape index (κ2) is 7.72. The van der Waals surface area contributed by atoms with Crippen LogP contribution in [0.2, 0.25) is 5.02 Å². The van der Waals surface area contributed by atoms with Crippen LogP contribution in [0.15, 0.2) is 48.7 Å². The number of fused-ring (bicyclic) bond motifs is 3. The molecular formula is C22H22ClN5O. The highest BCUT2D eigenvalue weighted by Crippen LogP contribution is 2.31. The SMILES string of the molecule is CNC(=O)c1ccc(-c2cnc3c(NCC(C)C)nc4ccccc4n23)cc1Cl. The monoisotopic (exact) mass is 407 g/mol. The Bertz CT molecular complexity index is 1210. The molecule has 0 aliphatic rings. The minimum atomic E-state index is -0.213. The van der Waals surface area contributed by atoms with E-state index in [0.717, 1.165) is 40.3 Å². The summed E-state index contributed by atoms with van der Waals surface area (Å²) >= 11 is 6.39. The highest BCUT2D eigenvalue weighted by Gasteiger charge is 2.16. The van der Waals surface area contributed by atoms with Gasteiger partial charge in [-0.3, -0.25) is 9.20 Å². The van der Waals surface area contributed by atoms with Crippen LogP contribution in [-0.2, 0) is 0 Å². The number of amides is 1. The number of rotatable bonds is 5. The molecule has 0 aliphatic carbocycles. The van der Waals surface area contributed by atoms with Gasteiger partial charge in [0.25, 0.3) is 5.91 Å². The third-order valence-corrected chi connectivity index (χ3v) is 5.06. The van der Waals surface area contributed by atoms with Crippen molar-refractivity contribution in [2.75, 3.05) is 18.9 Å². The van der Waals surface area contributed by atoms with Gasteiger partial charge in [0.15, 0.2) is 11.5 Å². The Labute approximate surface area is 173 Å². The van der Waals surface area contributed by atoms with Gasteiger partial charge in [0.2, 0.25) is 0 Å². The standard InChI is InChI=1S/C22H22ClN5O/c1-13(2)11-25-20-21-26-12-19(28(21)18-7-5-4-6-17(18)27-20)14-8-9-15(16(23)10-14)22(29)24-3/h4-10,12-13H,11H2,1-3H3,(H,24,29)(H,25,27). The average Bonchev–Trinajstić information content (AvgIpc) is 3.17. The summed E-state index contributed by atoms with van der Waals surface area (Å²) in [6.45, 7) is 5.10. The van der Waals surface area contributed by atoms with Gasteiger partial charge < -0.3 is 10.6 Å². The summed E-state index contributed by atoms with van der Waals surface area (Å²) < 4.78 is 2.08. The van der Waals surface area contributed by atoms with Crippen molar-refractivity contribution in [2.24, 2.45) is 5.92 Å². The molecule has 0 atom stereocenters. The van der Waals surface area contributed by atoms with E-state index in [1.54, 1.807) is 19.2 Å². The minimum absolute atomic E-state index is 0.213. The summed E-state index contributed by atoms with van der Waals surface area (Å²) in [6.07, 6.45) is 1.81. The fourth-order valence-electron chi connectivity index (χ4n) is 3.30. The molecule has 29 heavy (non-hydrogen) atoms. The van der Waals surface area contributed by atoms with Crippen LogP contribution in [-0.4, -0.2) is 33.9 Å². The van der Waals surface area contributed by atoms with Crippen LogP contribution >= 0.6 is 11.6 Å². The normalized spacial score (nSPS) is 11.3. The Morgan fingerprint density at radius 2 is 2.00 bits per heavy atom. The molecule has 2 aromatic carbocycles. The topological polar surface area (TPSA) is 71.3 Å². The van der Waals surface area contributed by atoms with Gasteiger partial charge in [-0.1, -0.05) is 43.6 Å². The number of carbonyl (C=O) groups excluding carboxylic acids is 1. The van der Waals surface area contributed by atoms with Crippen LogP contribution in [0.5, 0.6) is 0 Å². The maximum Gasteiger partial charge on any atom is 0.252 e. The number of anilines is 1. The van der Waals surface area contributed by atoms with Crippen LogP contribution in [0.3, 0.4) is 0 Å². The number of halogens is 1. The minimum Gasteiger partial charge on any atom is -0.367 e. The van der Waals surface area contributed by atoms with Crippen LogP contribution in [0.1, 0.15) is 24.2 Å². The van der Waals surface area contributed by atoms with Gasteiger partial charge >= 0.3 is 0 Å². The third-order valence-electron chi connectivity index (χ3n) is 4.74. The van der Waals surface area contributed by atoms with E-state index in [9.17, 15) is 4.79 Å². The van der Waals surface area contributed by atoms with E-state index in [-0.39, 0.29) is 5.91 Å². The van der Waals surface area contributed by atoms with Gasteiger partial charge in [-0.05, 0) is 30.2 Å². The molecule has 0 bridgehead atoms. The van der Waals surface area contributed by atoms with Gasteiger partial charge in [-0.2, -0.15) is 0 Å². The van der Waals surface area contributed by atoms with E-state index in [0.29, 0.717) is 16.5 Å². The molecule has 0 unspecified atom stereocenters. The molecule has 0 saturated carbocycles. The molecule has 4 rings (SSSR count). The lowest BCUT2D eigenvalue weighted by molar-refractivity contribution is 0.0963. The number of benzene rings is 2. The van der Waals surface area contributed by atoms with Crippen LogP contribution in [0.4, 0.5) is 5.82 Å². The van der Waals surface area contributed by atoms with Crippen LogP contribution < -0.4 is 10.6 Å². The second-order valence-corrected chi connectivity index (χ2v) is 7.71. The van der Waals surface area contributed by atoms with E-state index in [2.05, 4.69) is 33.9 Å². The lowest BCUT2D eigenvalue weighted by atomic mass is 10.1. The number of nitrogens with zero attached hydrogens (tertiary/aromatic N) is 3. The number of hydrogen-bond donors (Lipinski definition) is 2. The fourth-order valence-corrected chi connectivity index (χ4v) is 3.56. The zero-order valence-electron chi connectivity index (χ0n) is 16.5. The quantitative estimate of drug-likeness (QED) is 0.506. The number of aromatic nitrogens is 3. The lowest BCUT2D eigenvalue weighted by Crippen LogP contribution is -2.18. The highest BCUT2D eigenvalue weighted by molar-refractivity contribution is 6.34. The first-order valence-electron chi connectivity index (χ1n) is 9.51. The zero-order chi connectivity index (χ0) is 20.5. The summed E-state index contributed by atoms with van der Waals surface area (Å²) in [6, 6.07) is 13.4. The van der Waals surface area contributed by atoms with Gasteiger partial charge in [0.05, 0.1) is 33.5 Å². The van der Waals surface area contributed by atoms with E-state index in [4.69, 9.17) is 16.6 Å². The number of imidazole rings is 1. The first kappa shape index (κ1) is 19.2. The fraction of sp³-hybridized carbons (Fsp3) is 0.227. The second-order valence-electron chi connectivity index (χ2n) is 7.30. The summed E-state index contributed by atoms with van der Waals surface area (Å²) in [5.74, 6) is 1.01. The van der Waals surface area contributed by atoms with Crippen LogP contribution in [0, 0.1) is 5.92 Å². The largest absolute Gasteiger partial charge is 0.367 e. The van der Waals surface area contributed by atoms with Crippen molar-refractivity contribution in [1.82, 2.24) is 19.7 Å². The number of para-hydroxylation sites is 2. The lowest BCUT2D eigenvalue weighted by Gasteiger charge is -2.13. The van der Waals surface area contributed by atoms with Gasteiger partial charge in [0, 0.05) is 19.2 Å². The van der Waals surface area contributed by atoms with Gasteiger partial charge in [-0.15, -0.1) is 0 Å². The molecule has 0 fully saturated rings. The smallest absolute Gasteiger partial charge is 0.252 e. The van der Waals surface area contributed by atoms with E-state index < -0.39 is 0 Å². The van der Waals surface area contributed by atoms with Crippen molar-refractivity contribution in [3.05, 3.63) is 59.2 Å². The molecule has 0 spiro atoms. The first-order chi connectivity index (χ1) is 14.0. The first-order valence-corrected chi connectivity index (χ1v) is 9.89. The Morgan fingerprint density at radius 3 is 2.72 bits per heavy atom. The summed E-state index contributed by atoms with van der Waals surface area (Å²) in [5, 5.41) is 6.41. The Kier molecular flexibility index (Phi) is 5.11. The summed E-state index contributed by atoms with van der Waals surface area (Å²) in [7, 11) is 1.59. The van der Waals surface area contributed by atoms with Gasteiger partial charge in [-0.25, -0.2) is 9.97 Å². The molecule has 0 saturated heterocycles. The predicted molar refractivity (Wildman–Crippen MR) is 118 cm³/mol.